The van der Waals surface area contributed by atoms with Crippen molar-refractivity contribution in [3.8, 4) is 0 Å². The first-order valence-electron chi connectivity index (χ1n) is 6.32. The van der Waals surface area contributed by atoms with Crippen LogP contribution in [0.3, 0.4) is 0 Å². The number of imidazole rings is 1. The fourth-order valence-electron chi connectivity index (χ4n) is 2.57. The van der Waals surface area contributed by atoms with Gasteiger partial charge >= 0.3 is 5.65 Å². The van der Waals surface area contributed by atoms with Crippen molar-refractivity contribution in [2.45, 2.75) is 24.5 Å². The van der Waals surface area contributed by atoms with Crippen LogP contribution in [0.4, 0.5) is 5.95 Å². The second-order valence-corrected chi connectivity index (χ2v) is 4.99. The highest BCUT2D eigenvalue weighted by atomic mass is 16.6. The summed E-state index contributed by atoms with van der Waals surface area (Å²) in [6.45, 7) is -0.434. The highest BCUT2D eigenvalue weighted by molar-refractivity contribution is 5.67. The number of aliphatic hydroxyl groups is 3. The highest BCUT2D eigenvalue weighted by Gasteiger charge is 2.46. The van der Waals surface area contributed by atoms with Gasteiger partial charge in [0.05, 0.1) is 13.7 Å². The third-order valence-electron chi connectivity index (χ3n) is 3.58. The van der Waals surface area contributed by atoms with E-state index in [9.17, 15) is 15.0 Å². The molecule has 3 heterocycles. The molecule has 0 bridgehead atoms. The number of hydrogen-bond donors (Lipinski definition) is 5. The number of nitrogens with one attached hydrogen (secondary N) is 1. The Kier molecular flexibility index (Phi) is 3.17. The number of rotatable bonds is 2. The number of aromatic nitrogens is 4. The lowest BCUT2D eigenvalue weighted by Gasteiger charge is -2.11. The summed E-state index contributed by atoms with van der Waals surface area (Å²) >= 11 is 0. The maximum Gasteiger partial charge on any atom is 0.313 e. The van der Waals surface area contributed by atoms with E-state index in [1.807, 2.05) is 0 Å². The van der Waals surface area contributed by atoms with Gasteiger partial charge in [-0.1, -0.05) is 4.98 Å². The zero-order valence-corrected chi connectivity index (χ0v) is 11.2. The van der Waals surface area contributed by atoms with E-state index in [1.165, 1.54) is 15.5 Å². The number of ether oxygens (including phenoxy) is 1. The smallest absolute Gasteiger partial charge is 0.313 e. The number of nitrogens with two attached hydrogens (primary N) is 1. The summed E-state index contributed by atoms with van der Waals surface area (Å²) in [7, 11) is 1.63. The summed E-state index contributed by atoms with van der Waals surface area (Å²) < 4.78 is 8.35. The largest absolute Gasteiger partial charge is 0.394 e. The maximum atomic E-state index is 11.9. The van der Waals surface area contributed by atoms with Crippen LogP contribution < -0.4 is 15.9 Å². The third kappa shape index (κ3) is 2.00. The van der Waals surface area contributed by atoms with Gasteiger partial charge in [0.1, 0.15) is 18.3 Å². The molecule has 1 aliphatic rings. The molecule has 1 saturated heterocycles. The van der Waals surface area contributed by atoms with E-state index >= 15 is 0 Å². The van der Waals surface area contributed by atoms with Crippen molar-refractivity contribution in [3.05, 3.63) is 16.7 Å². The predicted octanol–water partition coefficient (Wildman–Crippen LogP) is -3.26. The Morgan fingerprint density at radius 2 is 2.24 bits per heavy atom. The lowest BCUT2D eigenvalue weighted by Crippen LogP contribution is -2.46. The number of nitrogens with zero attached hydrogens (tertiary/aromatic N) is 3. The van der Waals surface area contributed by atoms with Crippen molar-refractivity contribution in [2.75, 3.05) is 12.3 Å². The number of fused-ring (bicyclic) bond motifs is 1. The van der Waals surface area contributed by atoms with Crippen LogP contribution in [0.5, 0.6) is 0 Å². The highest BCUT2D eigenvalue weighted by Crippen LogP contribution is 2.26. The van der Waals surface area contributed by atoms with Gasteiger partial charge in [-0.25, -0.2) is 4.57 Å². The minimum Gasteiger partial charge on any atom is -0.394 e. The van der Waals surface area contributed by atoms with E-state index in [1.54, 1.807) is 7.05 Å². The number of aromatic amines is 1. The molecule has 10 nitrogen and oxygen atoms in total. The Morgan fingerprint density at radius 3 is 2.86 bits per heavy atom. The molecule has 4 atom stereocenters. The molecule has 0 aromatic carbocycles. The average molecular weight is 298 g/mol. The molecule has 0 amide bonds. The van der Waals surface area contributed by atoms with E-state index < -0.39 is 36.7 Å². The SMILES string of the molecule is Cn1c[n+]([C@@H]2OC(CO)C(O)C2O)c2nc(N)[nH]c(=O)c21. The average Bonchev–Trinajstić information content (AvgIpc) is 2.89. The molecule has 6 N–H and O–H groups in total. The van der Waals surface area contributed by atoms with Gasteiger partial charge < -0.3 is 25.8 Å². The molecule has 2 aromatic heterocycles. The van der Waals surface area contributed by atoms with Gasteiger partial charge in [-0.2, -0.15) is 0 Å². The van der Waals surface area contributed by atoms with E-state index in [0.29, 0.717) is 0 Å². The predicted molar refractivity (Wildman–Crippen MR) is 69.0 cm³/mol. The van der Waals surface area contributed by atoms with Crippen molar-refractivity contribution >= 4 is 17.1 Å². The number of anilines is 1. The topological polar surface area (TPSA) is 150 Å². The molecule has 2 aromatic rings. The minimum absolute atomic E-state index is 0.0702. The van der Waals surface area contributed by atoms with Crippen molar-refractivity contribution in [3.63, 3.8) is 0 Å². The molecule has 0 radical (unpaired) electrons. The molecule has 0 spiro atoms. The van der Waals surface area contributed by atoms with Crippen LogP contribution in [0.25, 0.3) is 11.2 Å². The summed E-state index contributed by atoms with van der Waals surface area (Å²) in [6.07, 6.45) is -2.88. The van der Waals surface area contributed by atoms with E-state index in [0.717, 1.165) is 0 Å². The Morgan fingerprint density at radius 1 is 1.52 bits per heavy atom. The third-order valence-corrected chi connectivity index (χ3v) is 3.58. The van der Waals surface area contributed by atoms with E-state index in [-0.39, 0.29) is 17.1 Å². The molecule has 1 aliphatic heterocycles. The lowest BCUT2D eigenvalue weighted by molar-refractivity contribution is -0.745. The summed E-state index contributed by atoms with van der Waals surface area (Å²) in [6, 6.07) is 0. The van der Waals surface area contributed by atoms with Gasteiger partial charge in [-0.05, 0) is 0 Å². The molecular formula is C11H16N5O5+. The molecule has 3 unspecified atom stereocenters. The van der Waals surface area contributed by atoms with Crippen LogP contribution in [-0.4, -0.2) is 54.8 Å². The van der Waals surface area contributed by atoms with Crippen molar-refractivity contribution in [1.29, 1.82) is 0 Å². The second-order valence-electron chi connectivity index (χ2n) is 4.99. The number of aryl methyl sites for hydroxylation is 1. The van der Waals surface area contributed by atoms with Gasteiger partial charge in [0.2, 0.25) is 11.7 Å². The van der Waals surface area contributed by atoms with Crippen molar-refractivity contribution < 1.29 is 24.6 Å². The van der Waals surface area contributed by atoms with E-state index in [4.69, 9.17) is 15.6 Å². The molecule has 0 aliphatic carbocycles. The fourth-order valence-corrected chi connectivity index (χ4v) is 2.57. The number of hydrogen-bond acceptors (Lipinski definition) is 7. The summed E-state index contributed by atoms with van der Waals surface area (Å²) in [5.41, 5.74) is 5.58. The Bertz CT molecular complexity index is 740. The zero-order valence-electron chi connectivity index (χ0n) is 11.2. The Labute approximate surface area is 118 Å². The monoisotopic (exact) mass is 298 g/mol. The van der Waals surface area contributed by atoms with Crippen LogP contribution in [0.1, 0.15) is 6.23 Å². The van der Waals surface area contributed by atoms with Gasteiger partial charge in [-0.15, -0.1) is 0 Å². The minimum atomic E-state index is -1.26. The van der Waals surface area contributed by atoms with Crippen LogP contribution in [0.15, 0.2) is 11.1 Å². The molecule has 21 heavy (non-hydrogen) atoms. The normalized spacial score (nSPS) is 29.3. The molecule has 1 fully saturated rings. The first-order valence-corrected chi connectivity index (χ1v) is 6.32. The quantitative estimate of drug-likeness (QED) is 0.365. The van der Waals surface area contributed by atoms with Crippen LogP contribution in [0.2, 0.25) is 0 Å². The Balaban J connectivity index is 2.16. The lowest BCUT2D eigenvalue weighted by atomic mass is 10.1. The summed E-state index contributed by atoms with van der Waals surface area (Å²) in [4.78, 5) is 18.3. The van der Waals surface area contributed by atoms with Crippen molar-refractivity contribution in [2.24, 2.45) is 7.05 Å². The second kappa shape index (κ2) is 4.77. The van der Waals surface area contributed by atoms with Crippen LogP contribution in [0, 0.1) is 0 Å². The number of H-pyrrole nitrogens is 1. The van der Waals surface area contributed by atoms with Crippen molar-refractivity contribution in [1.82, 2.24) is 14.5 Å². The first kappa shape index (κ1) is 13.9. The standard InChI is InChI=1S/C11H15N5O5/c1-15-3-16(8-5(15)9(20)14-11(12)13-8)10-7(19)6(18)4(2-17)21-10/h3-4,6-7,10,17-19H,2H2,1H3,(H2-,12,13,14,20)/p+1/t4?,6?,7?,10-/m1/s1. The number of nitrogen functional groups attached to an aromatic ring is 1. The zero-order chi connectivity index (χ0) is 15.3. The maximum absolute atomic E-state index is 11.9. The summed E-state index contributed by atoms with van der Waals surface area (Å²) in [5.74, 6) is -0.0702. The summed E-state index contributed by atoms with van der Waals surface area (Å²) in [5, 5.41) is 29.0. The fraction of sp³-hybridized carbons (Fsp3) is 0.545. The Hall–Kier alpha value is -2.01. The van der Waals surface area contributed by atoms with E-state index in [2.05, 4.69) is 9.97 Å². The van der Waals surface area contributed by atoms with Gasteiger partial charge in [-0.3, -0.25) is 14.3 Å². The van der Waals surface area contributed by atoms with Gasteiger partial charge in [0.25, 0.3) is 11.5 Å². The van der Waals surface area contributed by atoms with Crippen LogP contribution >= 0.6 is 0 Å². The molecular weight excluding hydrogens is 282 g/mol. The number of aliphatic hydroxyl groups excluding tert-OH is 3. The molecule has 114 valence electrons. The molecule has 3 rings (SSSR count). The van der Waals surface area contributed by atoms with Crippen LogP contribution in [-0.2, 0) is 11.8 Å². The molecule has 10 heteroatoms. The van der Waals surface area contributed by atoms with Gasteiger partial charge in [0, 0.05) is 0 Å². The van der Waals surface area contributed by atoms with Gasteiger partial charge in [0.15, 0.2) is 6.33 Å². The molecule has 0 saturated carbocycles. The first-order chi connectivity index (χ1) is 9.93.